The van der Waals surface area contributed by atoms with E-state index >= 15 is 0 Å². The monoisotopic (exact) mass is 378 g/mol. The van der Waals surface area contributed by atoms with E-state index in [2.05, 4.69) is 0 Å². The predicted molar refractivity (Wildman–Crippen MR) is 99.7 cm³/mol. The quantitative estimate of drug-likeness (QED) is 0.780. The van der Waals surface area contributed by atoms with Crippen molar-refractivity contribution in [2.45, 2.75) is 39.8 Å². The van der Waals surface area contributed by atoms with Crippen molar-refractivity contribution in [3.63, 3.8) is 0 Å². The van der Waals surface area contributed by atoms with Crippen LogP contribution in [0.1, 0.15) is 35.3 Å². The molecule has 2 saturated heterocycles. The molecule has 0 spiro atoms. The van der Waals surface area contributed by atoms with Crippen molar-refractivity contribution in [3.05, 3.63) is 34.9 Å². The molecular formula is C19H26N2O4S. The molecule has 3 rings (SSSR count). The molecule has 0 aromatic heterocycles. The van der Waals surface area contributed by atoms with Gasteiger partial charge < -0.3 is 9.80 Å². The van der Waals surface area contributed by atoms with Gasteiger partial charge in [0.2, 0.25) is 5.91 Å². The minimum Gasteiger partial charge on any atom is -0.335 e. The Morgan fingerprint density at radius 2 is 1.62 bits per heavy atom. The molecule has 26 heavy (non-hydrogen) atoms. The van der Waals surface area contributed by atoms with Crippen molar-refractivity contribution in [2.24, 2.45) is 5.92 Å². The van der Waals surface area contributed by atoms with Crippen LogP contribution in [0.15, 0.2) is 18.2 Å². The van der Waals surface area contributed by atoms with E-state index < -0.39 is 21.9 Å². The Morgan fingerprint density at radius 3 is 2.19 bits per heavy atom. The Morgan fingerprint density at radius 1 is 1.04 bits per heavy atom. The van der Waals surface area contributed by atoms with Gasteiger partial charge in [-0.15, -0.1) is 0 Å². The highest BCUT2D eigenvalue weighted by Crippen LogP contribution is 2.29. The lowest BCUT2D eigenvalue weighted by Gasteiger charge is -2.44. The normalized spacial score (nSPS) is 24.7. The lowest BCUT2D eigenvalue weighted by Crippen LogP contribution is -2.62. The third-order valence-electron chi connectivity index (χ3n) is 5.33. The Balaban J connectivity index is 1.93. The zero-order chi connectivity index (χ0) is 19.2. The van der Waals surface area contributed by atoms with Crippen LogP contribution in [0.3, 0.4) is 0 Å². The van der Waals surface area contributed by atoms with Crippen LogP contribution in [-0.4, -0.2) is 66.7 Å². The number of benzene rings is 1. The van der Waals surface area contributed by atoms with Crippen molar-refractivity contribution in [1.82, 2.24) is 9.80 Å². The molecule has 2 amide bonds. The number of carbonyl (C=O) groups is 2. The van der Waals surface area contributed by atoms with Gasteiger partial charge in [0.25, 0.3) is 5.91 Å². The number of fused-ring (bicyclic) bond motifs is 1. The van der Waals surface area contributed by atoms with Gasteiger partial charge in [0.05, 0.1) is 23.6 Å². The standard InChI is InChI=1S/C19H26N2O4S/c1-12(2)18(22)20-7-8-21(17-11-26(24,25)10-16(17)20)19(23)15-6-5-13(3)9-14(15)4/h5-6,9,12,16-17H,7-8,10-11H2,1-4H3/t16-,17+/m0/s1. The molecule has 0 saturated carbocycles. The Hall–Kier alpha value is -1.89. The zero-order valence-electron chi connectivity index (χ0n) is 15.7. The summed E-state index contributed by atoms with van der Waals surface area (Å²) in [6.07, 6.45) is 0. The van der Waals surface area contributed by atoms with E-state index in [1.807, 2.05) is 39.8 Å². The molecule has 6 nitrogen and oxygen atoms in total. The fraction of sp³-hybridized carbons (Fsp3) is 0.579. The Bertz CT molecular complexity index is 847. The van der Waals surface area contributed by atoms with Crippen molar-refractivity contribution >= 4 is 21.7 Å². The van der Waals surface area contributed by atoms with E-state index in [0.717, 1.165) is 11.1 Å². The van der Waals surface area contributed by atoms with Gasteiger partial charge in [-0.3, -0.25) is 9.59 Å². The smallest absolute Gasteiger partial charge is 0.254 e. The van der Waals surface area contributed by atoms with Gasteiger partial charge >= 0.3 is 0 Å². The minimum absolute atomic E-state index is 0.0456. The first kappa shape index (κ1) is 18.9. The van der Waals surface area contributed by atoms with Gasteiger partial charge in [-0.2, -0.15) is 0 Å². The first-order valence-electron chi connectivity index (χ1n) is 9.00. The number of amides is 2. The topological polar surface area (TPSA) is 74.8 Å². The summed E-state index contributed by atoms with van der Waals surface area (Å²) in [5.74, 6) is -0.522. The molecule has 0 N–H and O–H groups in total. The molecule has 2 fully saturated rings. The third-order valence-corrected chi connectivity index (χ3v) is 7.02. The van der Waals surface area contributed by atoms with Crippen LogP contribution in [0.2, 0.25) is 0 Å². The van der Waals surface area contributed by atoms with Gasteiger partial charge in [-0.05, 0) is 25.5 Å². The van der Waals surface area contributed by atoms with Crippen molar-refractivity contribution < 1.29 is 18.0 Å². The molecule has 0 radical (unpaired) electrons. The first-order chi connectivity index (χ1) is 12.1. The summed E-state index contributed by atoms with van der Waals surface area (Å²) in [6.45, 7) is 8.23. The number of carbonyl (C=O) groups excluding carboxylic acids is 2. The fourth-order valence-electron chi connectivity index (χ4n) is 4.02. The summed E-state index contributed by atoms with van der Waals surface area (Å²) in [4.78, 5) is 29.0. The zero-order valence-corrected chi connectivity index (χ0v) is 16.5. The van der Waals surface area contributed by atoms with E-state index in [0.29, 0.717) is 18.7 Å². The van der Waals surface area contributed by atoms with Crippen molar-refractivity contribution in [1.29, 1.82) is 0 Å². The summed E-state index contributed by atoms with van der Waals surface area (Å²) in [5, 5.41) is 0. The second-order valence-corrected chi connectivity index (χ2v) is 9.87. The van der Waals surface area contributed by atoms with Crippen LogP contribution in [0.25, 0.3) is 0 Å². The number of aryl methyl sites for hydroxylation is 2. The van der Waals surface area contributed by atoms with Gasteiger partial charge in [0, 0.05) is 24.6 Å². The van der Waals surface area contributed by atoms with E-state index in [4.69, 9.17) is 0 Å². The molecule has 1 aromatic rings. The highest BCUT2D eigenvalue weighted by atomic mass is 32.2. The van der Waals surface area contributed by atoms with Crippen LogP contribution in [-0.2, 0) is 14.6 Å². The maximum Gasteiger partial charge on any atom is 0.254 e. The summed E-state index contributed by atoms with van der Waals surface area (Å²) in [6, 6.07) is 4.73. The number of sulfone groups is 1. The maximum absolute atomic E-state index is 13.1. The molecule has 2 heterocycles. The molecule has 0 aliphatic carbocycles. The lowest BCUT2D eigenvalue weighted by atomic mass is 9.99. The molecule has 0 unspecified atom stereocenters. The number of piperazine rings is 1. The molecule has 2 atom stereocenters. The number of hydrogen-bond acceptors (Lipinski definition) is 4. The van der Waals surface area contributed by atoms with E-state index in [-0.39, 0.29) is 29.2 Å². The average molecular weight is 378 g/mol. The second-order valence-electron chi connectivity index (χ2n) is 7.71. The van der Waals surface area contributed by atoms with E-state index in [1.54, 1.807) is 15.9 Å². The maximum atomic E-state index is 13.1. The fourth-order valence-corrected chi connectivity index (χ4v) is 6.00. The molecular weight excluding hydrogens is 352 g/mol. The number of hydrogen-bond donors (Lipinski definition) is 0. The van der Waals surface area contributed by atoms with Crippen LogP contribution >= 0.6 is 0 Å². The average Bonchev–Trinajstić information content (AvgIpc) is 2.87. The highest BCUT2D eigenvalue weighted by Gasteiger charge is 2.49. The summed E-state index contributed by atoms with van der Waals surface area (Å²) in [5.41, 5.74) is 2.56. The first-order valence-corrected chi connectivity index (χ1v) is 10.8. The highest BCUT2D eigenvalue weighted by molar-refractivity contribution is 7.91. The summed E-state index contributed by atoms with van der Waals surface area (Å²) in [7, 11) is -3.27. The minimum atomic E-state index is -3.27. The van der Waals surface area contributed by atoms with Crippen molar-refractivity contribution in [3.8, 4) is 0 Å². The van der Waals surface area contributed by atoms with E-state index in [1.165, 1.54) is 0 Å². The largest absolute Gasteiger partial charge is 0.335 e. The van der Waals surface area contributed by atoms with Crippen LogP contribution in [0.4, 0.5) is 0 Å². The molecule has 1 aromatic carbocycles. The van der Waals surface area contributed by atoms with Crippen LogP contribution < -0.4 is 0 Å². The number of nitrogens with zero attached hydrogens (tertiary/aromatic N) is 2. The number of rotatable bonds is 2. The van der Waals surface area contributed by atoms with Crippen LogP contribution in [0.5, 0.6) is 0 Å². The third kappa shape index (κ3) is 3.37. The molecule has 142 valence electrons. The van der Waals surface area contributed by atoms with Gasteiger partial charge in [-0.1, -0.05) is 31.5 Å². The summed E-state index contributed by atoms with van der Waals surface area (Å²) >= 11 is 0. The SMILES string of the molecule is Cc1ccc(C(=O)N2CCN(C(=O)C(C)C)[C@H]3CS(=O)(=O)C[C@H]32)c(C)c1. The molecule has 2 aliphatic heterocycles. The Kier molecular flexibility index (Phi) is 4.86. The molecule has 0 bridgehead atoms. The van der Waals surface area contributed by atoms with E-state index in [9.17, 15) is 18.0 Å². The second kappa shape index (κ2) is 6.68. The van der Waals surface area contributed by atoms with Gasteiger partial charge in [-0.25, -0.2) is 8.42 Å². The van der Waals surface area contributed by atoms with Gasteiger partial charge in [0.1, 0.15) is 0 Å². The van der Waals surface area contributed by atoms with Crippen LogP contribution in [0, 0.1) is 19.8 Å². The summed E-state index contributed by atoms with van der Waals surface area (Å²) < 4.78 is 24.6. The van der Waals surface area contributed by atoms with Crippen molar-refractivity contribution in [2.75, 3.05) is 24.6 Å². The lowest BCUT2D eigenvalue weighted by molar-refractivity contribution is -0.139. The Labute approximate surface area is 155 Å². The van der Waals surface area contributed by atoms with Gasteiger partial charge in [0.15, 0.2) is 9.84 Å². The predicted octanol–water partition coefficient (Wildman–Crippen LogP) is 1.41. The molecule has 2 aliphatic rings. The molecule has 7 heteroatoms.